The molecule has 3 N–H and O–H groups in total. The molecule has 1 aliphatic rings. The lowest BCUT2D eigenvalue weighted by Crippen LogP contribution is -2.24. The second kappa shape index (κ2) is 8.84. The smallest absolute Gasteiger partial charge is 0.237 e. The Labute approximate surface area is 168 Å². The Morgan fingerprint density at radius 2 is 2.11 bits per heavy atom. The van der Waals surface area contributed by atoms with Gasteiger partial charge in [0.2, 0.25) is 11.1 Å². The molecule has 0 radical (unpaired) electrons. The fourth-order valence-electron chi connectivity index (χ4n) is 3.23. The van der Waals surface area contributed by atoms with Crippen molar-refractivity contribution in [2.45, 2.75) is 55.4 Å². The van der Waals surface area contributed by atoms with E-state index < -0.39 is 5.25 Å². The van der Waals surface area contributed by atoms with Gasteiger partial charge >= 0.3 is 0 Å². The number of methoxy groups -OCH3 is 1. The van der Waals surface area contributed by atoms with Crippen LogP contribution in [0.15, 0.2) is 23.4 Å². The number of carbonyl (C=O) groups is 1. The Morgan fingerprint density at radius 1 is 1.37 bits per heavy atom. The number of benzene rings is 1. The van der Waals surface area contributed by atoms with Crippen molar-refractivity contribution in [3.05, 3.63) is 29.0 Å². The molecule has 1 aromatic heterocycles. The maximum absolute atomic E-state index is 12.6. The van der Waals surface area contributed by atoms with Gasteiger partial charge in [0.15, 0.2) is 5.82 Å². The number of nitrogens with two attached hydrogens (primary N) is 1. The van der Waals surface area contributed by atoms with Crippen LogP contribution in [-0.2, 0) is 4.79 Å². The SMILES string of the molecule is COc1ccc(Cl)cc1NC(=O)[C@@H](C)Sc1nnc(C2CCCCC2)n1N. The monoisotopic (exact) mass is 409 g/mol. The Kier molecular flexibility index (Phi) is 6.49. The topological polar surface area (TPSA) is 95.1 Å². The first kappa shape index (κ1) is 19.8. The van der Waals surface area contributed by atoms with E-state index in [9.17, 15) is 4.79 Å². The molecule has 1 heterocycles. The van der Waals surface area contributed by atoms with Crippen molar-refractivity contribution in [2.24, 2.45) is 0 Å². The first-order chi connectivity index (χ1) is 13.0. The number of hydrogen-bond acceptors (Lipinski definition) is 6. The molecule has 27 heavy (non-hydrogen) atoms. The van der Waals surface area contributed by atoms with Crippen molar-refractivity contribution >= 4 is 35.0 Å². The van der Waals surface area contributed by atoms with Gasteiger partial charge in [-0.15, -0.1) is 10.2 Å². The van der Waals surface area contributed by atoms with Gasteiger partial charge in [-0.2, -0.15) is 0 Å². The highest BCUT2D eigenvalue weighted by Crippen LogP contribution is 2.33. The van der Waals surface area contributed by atoms with Crippen LogP contribution in [0.5, 0.6) is 5.75 Å². The summed E-state index contributed by atoms with van der Waals surface area (Å²) in [5.74, 6) is 7.72. The molecular formula is C18H24ClN5O2S. The molecule has 2 aromatic rings. The van der Waals surface area contributed by atoms with Gasteiger partial charge in [-0.1, -0.05) is 42.6 Å². The number of ether oxygens (including phenoxy) is 1. The predicted molar refractivity (Wildman–Crippen MR) is 108 cm³/mol. The van der Waals surface area contributed by atoms with Crippen molar-refractivity contribution in [1.82, 2.24) is 14.9 Å². The molecule has 0 spiro atoms. The summed E-state index contributed by atoms with van der Waals surface area (Å²) in [6.07, 6.45) is 5.83. The summed E-state index contributed by atoms with van der Waals surface area (Å²) >= 11 is 7.29. The Hall–Kier alpha value is -1.93. The van der Waals surface area contributed by atoms with Crippen LogP contribution in [0.25, 0.3) is 0 Å². The summed E-state index contributed by atoms with van der Waals surface area (Å²) < 4.78 is 6.79. The van der Waals surface area contributed by atoms with Crippen LogP contribution in [0.1, 0.15) is 50.8 Å². The molecule has 1 aromatic carbocycles. The number of halogens is 1. The Morgan fingerprint density at radius 3 is 2.81 bits per heavy atom. The highest BCUT2D eigenvalue weighted by atomic mass is 35.5. The third kappa shape index (κ3) is 4.68. The van der Waals surface area contributed by atoms with Crippen molar-refractivity contribution in [2.75, 3.05) is 18.3 Å². The number of carbonyl (C=O) groups excluding carboxylic acids is 1. The van der Waals surface area contributed by atoms with Crippen LogP contribution in [0, 0.1) is 0 Å². The van der Waals surface area contributed by atoms with E-state index in [1.54, 1.807) is 32.2 Å². The zero-order valence-electron chi connectivity index (χ0n) is 15.4. The minimum atomic E-state index is -0.417. The average molecular weight is 410 g/mol. The molecule has 1 aliphatic carbocycles. The molecule has 7 nitrogen and oxygen atoms in total. The van der Waals surface area contributed by atoms with Crippen molar-refractivity contribution in [3.8, 4) is 5.75 Å². The van der Waals surface area contributed by atoms with Crippen molar-refractivity contribution in [3.63, 3.8) is 0 Å². The van der Waals surface area contributed by atoms with Crippen molar-refractivity contribution in [1.29, 1.82) is 0 Å². The Balaban J connectivity index is 1.66. The van der Waals surface area contributed by atoms with Crippen LogP contribution in [-0.4, -0.2) is 33.1 Å². The summed E-state index contributed by atoms with van der Waals surface area (Å²) in [7, 11) is 1.54. The minimum Gasteiger partial charge on any atom is -0.495 e. The highest BCUT2D eigenvalue weighted by Gasteiger charge is 2.25. The maximum Gasteiger partial charge on any atom is 0.237 e. The normalized spacial score (nSPS) is 16.1. The van der Waals surface area contributed by atoms with Gasteiger partial charge in [0, 0.05) is 10.9 Å². The maximum atomic E-state index is 12.6. The third-order valence-electron chi connectivity index (χ3n) is 4.73. The first-order valence-electron chi connectivity index (χ1n) is 9.01. The minimum absolute atomic E-state index is 0.192. The number of nitrogens with zero attached hydrogens (tertiary/aromatic N) is 3. The summed E-state index contributed by atoms with van der Waals surface area (Å²) in [6, 6.07) is 5.07. The predicted octanol–water partition coefficient (Wildman–Crippen LogP) is 3.82. The number of rotatable bonds is 6. The lowest BCUT2D eigenvalue weighted by atomic mass is 9.89. The molecule has 3 rings (SSSR count). The first-order valence-corrected chi connectivity index (χ1v) is 10.3. The van der Waals surface area contributed by atoms with Crippen LogP contribution in [0.3, 0.4) is 0 Å². The Bertz CT molecular complexity index is 807. The fraction of sp³-hybridized carbons (Fsp3) is 0.500. The van der Waals surface area contributed by atoms with E-state index in [-0.39, 0.29) is 5.91 Å². The fourth-order valence-corrected chi connectivity index (χ4v) is 4.18. The van der Waals surface area contributed by atoms with Crippen LogP contribution in [0.2, 0.25) is 5.02 Å². The van der Waals surface area contributed by atoms with E-state index in [2.05, 4.69) is 15.5 Å². The molecule has 0 aliphatic heterocycles. The molecule has 1 amide bonds. The van der Waals surface area contributed by atoms with Crippen LogP contribution in [0.4, 0.5) is 5.69 Å². The van der Waals surface area contributed by atoms with Crippen LogP contribution < -0.4 is 15.9 Å². The molecule has 0 saturated heterocycles. The summed E-state index contributed by atoms with van der Waals surface area (Å²) in [6.45, 7) is 1.80. The largest absolute Gasteiger partial charge is 0.495 e. The quantitative estimate of drug-likeness (QED) is 0.556. The van der Waals surface area contributed by atoms with Gasteiger partial charge in [-0.25, -0.2) is 4.68 Å². The van der Waals surface area contributed by atoms with Crippen molar-refractivity contribution < 1.29 is 9.53 Å². The number of thioether (sulfide) groups is 1. The molecule has 1 atom stereocenters. The van der Waals surface area contributed by atoms with E-state index in [4.69, 9.17) is 22.2 Å². The van der Waals surface area contributed by atoms with Gasteiger partial charge in [0.05, 0.1) is 18.0 Å². The summed E-state index contributed by atoms with van der Waals surface area (Å²) in [5, 5.41) is 12.0. The molecular weight excluding hydrogens is 386 g/mol. The average Bonchev–Trinajstić information content (AvgIpc) is 3.03. The van der Waals surface area contributed by atoms with Gasteiger partial charge in [0.25, 0.3) is 0 Å². The lowest BCUT2D eigenvalue weighted by molar-refractivity contribution is -0.115. The second-order valence-electron chi connectivity index (χ2n) is 6.64. The number of nitrogen functional groups attached to an aromatic ring is 1. The summed E-state index contributed by atoms with van der Waals surface area (Å²) in [5.41, 5.74) is 0.527. The number of anilines is 1. The summed E-state index contributed by atoms with van der Waals surface area (Å²) in [4.78, 5) is 12.6. The van der Waals surface area contributed by atoms with Gasteiger partial charge < -0.3 is 15.9 Å². The number of hydrogen-bond donors (Lipinski definition) is 2. The van der Waals surface area contributed by atoms with E-state index in [0.717, 1.165) is 18.7 Å². The number of amides is 1. The van der Waals surface area contributed by atoms with E-state index in [0.29, 0.717) is 27.5 Å². The van der Waals surface area contributed by atoms with Crippen LogP contribution >= 0.6 is 23.4 Å². The zero-order valence-corrected chi connectivity index (χ0v) is 17.0. The van der Waals surface area contributed by atoms with E-state index in [1.165, 1.54) is 35.7 Å². The highest BCUT2D eigenvalue weighted by molar-refractivity contribution is 8.00. The lowest BCUT2D eigenvalue weighted by Gasteiger charge is -2.20. The van der Waals surface area contributed by atoms with Gasteiger partial charge in [0.1, 0.15) is 5.75 Å². The van der Waals surface area contributed by atoms with Gasteiger partial charge in [-0.05, 0) is 38.0 Å². The number of nitrogens with one attached hydrogen (secondary N) is 1. The molecule has 146 valence electrons. The zero-order chi connectivity index (χ0) is 19.4. The van der Waals surface area contributed by atoms with Gasteiger partial charge in [-0.3, -0.25) is 4.79 Å². The van der Waals surface area contributed by atoms with E-state index in [1.807, 2.05) is 0 Å². The standard InChI is InChI=1S/C18H24ClN5O2S/c1-11(17(25)21-14-10-13(19)8-9-15(14)26-2)27-18-23-22-16(24(18)20)12-6-4-3-5-7-12/h8-12H,3-7,20H2,1-2H3,(H,21,25)/t11-/m1/s1. The molecule has 1 saturated carbocycles. The second-order valence-corrected chi connectivity index (χ2v) is 8.38. The molecule has 1 fully saturated rings. The molecule has 0 unspecified atom stereocenters. The molecule has 9 heteroatoms. The molecule has 0 bridgehead atoms. The third-order valence-corrected chi connectivity index (χ3v) is 6.02. The van der Waals surface area contributed by atoms with E-state index >= 15 is 0 Å². The number of aromatic nitrogens is 3.